The first-order chi connectivity index (χ1) is 16.8. The standard InChI is InChI=1S/C27H37N5O3/c1-27(2,3)32-13-12-28-24(19-32)25(33)30-14-16-31(17-15-30)26(34)29-22-10-7-11-23(18-22)35-20-21-8-5-4-6-9-21/h4-11,18,24,28H,12-17,19-20H2,1-3H3,(H,29,34)/t24-/m1/s1. The van der Waals surface area contributed by atoms with Crippen LogP contribution in [0.3, 0.4) is 0 Å². The number of carbonyl (C=O) groups excluding carboxylic acids is 2. The summed E-state index contributed by atoms with van der Waals surface area (Å²) in [6.07, 6.45) is 0. The fraction of sp³-hybridized carbons (Fsp3) is 0.481. The Morgan fingerprint density at radius 2 is 1.69 bits per heavy atom. The van der Waals surface area contributed by atoms with Crippen LogP contribution in [0.25, 0.3) is 0 Å². The van der Waals surface area contributed by atoms with Gasteiger partial charge in [-0.3, -0.25) is 9.69 Å². The van der Waals surface area contributed by atoms with Crippen molar-refractivity contribution in [1.29, 1.82) is 0 Å². The van der Waals surface area contributed by atoms with Gasteiger partial charge < -0.3 is 25.2 Å². The second-order valence-electron chi connectivity index (χ2n) is 10.2. The molecule has 2 heterocycles. The highest BCUT2D eigenvalue weighted by molar-refractivity contribution is 5.90. The lowest BCUT2D eigenvalue weighted by atomic mass is 10.0. The number of benzene rings is 2. The van der Waals surface area contributed by atoms with Crippen LogP contribution in [0.4, 0.5) is 10.5 Å². The minimum Gasteiger partial charge on any atom is -0.489 e. The van der Waals surface area contributed by atoms with E-state index < -0.39 is 0 Å². The lowest BCUT2D eigenvalue weighted by molar-refractivity contribution is -0.136. The van der Waals surface area contributed by atoms with E-state index in [1.165, 1.54) is 0 Å². The summed E-state index contributed by atoms with van der Waals surface area (Å²) in [6, 6.07) is 17.0. The molecule has 2 N–H and O–H groups in total. The molecule has 2 saturated heterocycles. The van der Waals surface area contributed by atoms with Crippen molar-refractivity contribution in [2.45, 2.75) is 39.0 Å². The monoisotopic (exact) mass is 479 g/mol. The van der Waals surface area contributed by atoms with Gasteiger partial charge in [0.15, 0.2) is 0 Å². The van der Waals surface area contributed by atoms with E-state index in [-0.39, 0.29) is 23.5 Å². The first kappa shape index (κ1) is 25.0. The zero-order valence-electron chi connectivity index (χ0n) is 21.0. The quantitative estimate of drug-likeness (QED) is 0.690. The molecule has 2 fully saturated rings. The molecule has 0 radical (unpaired) electrons. The molecule has 35 heavy (non-hydrogen) atoms. The Bertz CT molecular complexity index is 999. The topological polar surface area (TPSA) is 77.2 Å². The summed E-state index contributed by atoms with van der Waals surface area (Å²) >= 11 is 0. The fourth-order valence-electron chi connectivity index (χ4n) is 4.48. The number of carbonyl (C=O) groups is 2. The van der Waals surface area contributed by atoms with E-state index in [2.05, 4.69) is 36.3 Å². The molecule has 0 aliphatic carbocycles. The van der Waals surface area contributed by atoms with Gasteiger partial charge in [-0.05, 0) is 38.5 Å². The Balaban J connectivity index is 1.25. The molecule has 2 aliphatic heterocycles. The largest absolute Gasteiger partial charge is 0.489 e. The van der Waals surface area contributed by atoms with E-state index in [4.69, 9.17) is 4.74 Å². The summed E-state index contributed by atoms with van der Waals surface area (Å²) in [4.78, 5) is 31.9. The Kier molecular flexibility index (Phi) is 7.93. The SMILES string of the molecule is CC(C)(C)N1CCN[C@@H](C(=O)N2CCN(C(=O)Nc3cccc(OCc4ccccc4)c3)CC2)C1. The summed E-state index contributed by atoms with van der Waals surface area (Å²) in [5.41, 5.74) is 1.82. The maximum absolute atomic E-state index is 13.1. The number of piperazine rings is 2. The summed E-state index contributed by atoms with van der Waals surface area (Å²) in [6.45, 7) is 11.6. The smallest absolute Gasteiger partial charge is 0.321 e. The van der Waals surface area contributed by atoms with Crippen LogP contribution >= 0.6 is 0 Å². The molecule has 2 aliphatic rings. The maximum Gasteiger partial charge on any atom is 0.321 e. The molecule has 0 unspecified atom stereocenters. The van der Waals surface area contributed by atoms with E-state index in [0.29, 0.717) is 50.8 Å². The minimum atomic E-state index is -0.193. The molecule has 3 amide bonds. The maximum atomic E-state index is 13.1. The Morgan fingerprint density at radius 3 is 2.40 bits per heavy atom. The highest BCUT2D eigenvalue weighted by atomic mass is 16.5. The van der Waals surface area contributed by atoms with Crippen LogP contribution in [0.1, 0.15) is 26.3 Å². The zero-order valence-corrected chi connectivity index (χ0v) is 21.0. The molecule has 0 bridgehead atoms. The van der Waals surface area contributed by atoms with Crippen LogP contribution in [0.15, 0.2) is 54.6 Å². The molecule has 8 heteroatoms. The number of anilines is 1. The molecular weight excluding hydrogens is 442 g/mol. The van der Waals surface area contributed by atoms with E-state index in [0.717, 1.165) is 18.7 Å². The molecular formula is C27H37N5O3. The number of nitrogens with one attached hydrogen (secondary N) is 2. The molecule has 0 spiro atoms. The lowest BCUT2D eigenvalue weighted by Crippen LogP contribution is -2.63. The van der Waals surface area contributed by atoms with Gasteiger partial charge in [0, 0.05) is 63.1 Å². The highest BCUT2D eigenvalue weighted by Crippen LogP contribution is 2.20. The van der Waals surface area contributed by atoms with Gasteiger partial charge in [-0.2, -0.15) is 0 Å². The second-order valence-corrected chi connectivity index (χ2v) is 10.2. The average molecular weight is 480 g/mol. The zero-order chi connectivity index (χ0) is 24.8. The molecule has 1 atom stereocenters. The lowest BCUT2D eigenvalue weighted by Gasteiger charge is -2.43. The third kappa shape index (κ3) is 6.74. The van der Waals surface area contributed by atoms with Crippen LogP contribution in [-0.2, 0) is 11.4 Å². The van der Waals surface area contributed by atoms with Crippen molar-refractivity contribution in [3.05, 3.63) is 60.2 Å². The van der Waals surface area contributed by atoms with Gasteiger partial charge in [-0.15, -0.1) is 0 Å². The number of hydrogen-bond acceptors (Lipinski definition) is 5. The molecule has 0 saturated carbocycles. The average Bonchev–Trinajstić information content (AvgIpc) is 2.87. The molecule has 188 valence electrons. The predicted molar refractivity (Wildman–Crippen MR) is 138 cm³/mol. The fourth-order valence-corrected chi connectivity index (χ4v) is 4.48. The van der Waals surface area contributed by atoms with Crippen molar-refractivity contribution in [1.82, 2.24) is 20.0 Å². The van der Waals surface area contributed by atoms with Crippen molar-refractivity contribution < 1.29 is 14.3 Å². The summed E-state index contributed by atoms with van der Waals surface area (Å²) in [7, 11) is 0. The number of ether oxygens (including phenoxy) is 1. The Labute approximate surface area is 208 Å². The van der Waals surface area contributed by atoms with Crippen molar-refractivity contribution in [3.8, 4) is 5.75 Å². The van der Waals surface area contributed by atoms with Crippen LogP contribution in [-0.4, -0.2) is 84.0 Å². The van der Waals surface area contributed by atoms with Gasteiger partial charge in [0.05, 0.1) is 6.04 Å². The van der Waals surface area contributed by atoms with Crippen molar-refractivity contribution in [2.24, 2.45) is 0 Å². The molecule has 2 aromatic rings. The van der Waals surface area contributed by atoms with E-state index in [1.54, 1.807) is 4.90 Å². The van der Waals surface area contributed by atoms with Gasteiger partial charge in [-0.1, -0.05) is 36.4 Å². The van der Waals surface area contributed by atoms with Gasteiger partial charge in [-0.25, -0.2) is 4.79 Å². The van der Waals surface area contributed by atoms with Crippen LogP contribution in [0, 0.1) is 0 Å². The number of rotatable bonds is 5. The summed E-state index contributed by atoms with van der Waals surface area (Å²) in [5, 5.41) is 6.34. The number of nitrogens with zero attached hydrogens (tertiary/aromatic N) is 3. The third-order valence-electron chi connectivity index (χ3n) is 6.63. The molecule has 0 aromatic heterocycles. The molecule has 4 rings (SSSR count). The van der Waals surface area contributed by atoms with Gasteiger partial charge in [0.1, 0.15) is 12.4 Å². The Hall–Kier alpha value is -3.10. The Morgan fingerprint density at radius 1 is 0.971 bits per heavy atom. The first-order valence-corrected chi connectivity index (χ1v) is 12.4. The molecule has 2 aromatic carbocycles. The van der Waals surface area contributed by atoms with E-state index in [9.17, 15) is 9.59 Å². The second kappa shape index (κ2) is 11.1. The number of amides is 3. The van der Waals surface area contributed by atoms with Gasteiger partial charge >= 0.3 is 6.03 Å². The summed E-state index contributed by atoms with van der Waals surface area (Å²) < 4.78 is 5.87. The van der Waals surface area contributed by atoms with Crippen LogP contribution in [0.2, 0.25) is 0 Å². The van der Waals surface area contributed by atoms with Crippen molar-refractivity contribution in [3.63, 3.8) is 0 Å². The summed E-state index contributed by atoms with van der Waals surface area (Å²) in [5.74, 6) is 0.827. The first-order valence-electron chi connectivity index (χ1n) is 12.4. The predicted octanol–water partition coefficient (Wildman–Crippen LogP) is 3.01. The van der Waals surface area contributed by atoms with E-state index in [1.807, 2.05) is 59.5 Å². The minimum absolute atomic E-state index is 0.0430. The number of urea groups is 1. The van der Waals surface area contributed by atoms with Crippen molar-refractivity contribution in [2.75, 3.05) is 51.1 Å². The van der Waals surface area contributed by atoms with Crippen LogP contribution < -0.4 is 15.4 Å². The van der Waals surface area contributed by atoms with Crippen molar-refractivity contribution >= 4 is 17.6 Å². The molecule has 8 nitrogen and oxygen atoms in total. The normalized spacial score (nSPS) is 19.3. The third-order valence-corrected chi connectivity index (χ3v) is 6.63. The van der Waals surface area contributed by atoms with E-state index >= 15 is 0 Å². The van der Waals surface area contributed by atoms with Crippen LogP contribution in [0.5, 0.6) is 5.75 Å². The van der Waals surface area contributed by atoms with Gasteiger partial charge in [0.25, 0.3) is 0 Å². The number of hydrogen-bond donors (Lipinski definition) is 2. The highest BCUT2D eigenvalue weighted by Gasteiger charge is 2.34. The van der Waals surface area contributed by atoms with Gasteiger partial charge in [0.2, 0.25) is 5.91 Å².